The molecule has 0 radical (unpaired) electrons. The Morgan fingerprint density at radius 1 is 1.28 bits per heavy atom. The van der Waals surface area contributed by atoms with Gasteiger partial charge in [-0.25, -0.2) is 0 Å². The lowest BCUT2D eigenvalue weighted by molar-refractivity contribution is 0.0904. The van der Waals surface area contributed by atoms with Crippen molar-refractivity contribution < 1.29 is 0 Å². The lowest BCUT2D eigenvalue weighted by Gasteiger charge is -2.57. The highest BCUT2D eigenvalue weighted by Gasteiger charge is 2.47. The topological polar surface area (TPSA) is 15.3 Å². The van der Waals surface area contributed by atoms with Crippen molar-refractivity contribution >= 4 is 5.69 Å². The van der Waals surface area contributed by atoms with Gasteiger partial charge in [0.25, 0.3) is 0 Å². The number of anilines is 1. The molecule has 2 heteroatoms. The molecule has 18 heavy (non-hydrogen) atoms. The molecule has 1 N–H and O–H groups in total. The zero-order chi connectivity index (χ0) is 12.6. The van der Waals surface area contributed by atoms with E-state index in [9.17, 15) is 0 Å². The van der Waals surface area contributed by atoms with E-state index in [0.717, 1.165) is 6.54 Å². The molecule has 1 heterocycles. The molecular formula is C16H24N2. The molecule has 0 atom stereocenters. The second kappa shape index (κ2) is 4.58. The highest BCUT2D eigenvalue weighted by atomic mass is 15.2. The van der Waals surface area contributed by atoms with Gasteiger partial charge >= 0.3 is 0 Å². The van der Waals surface area contributed by atoms with Crippen molar-refractivity contribution in [2.24, 2.45) is 5.41 Å². The molecule has 2 aliphatic rings. The summed E-state index contributed by atoms with van der Waals surface area (Å²) in [6.45, 7) is 7.94. The summed E-state index contributed by atoms with van der Waals surface area (Å²) in [6, 6.07) is 9.57. The Morgan fingerprint density at radius 2 is 2.06 bits per heavy atom. The van der Waals surface area contributed by atoms with Crippen molar-refractivity contribution in [3.8, 4) is 0 Å². The predicted octanol–water partition coefficient (Wildman–Crippen LogP) is 3.17. The molecule has 0 bridgehead atoms. The number of hydrogen-bond acceptors (Lipinski definition) is 2. The van der Waals surface area contributed by atoms with Gasteiger partial charge in [0, 0.05) is 36.8 Å². The van der Waals surface area contributed by atoms with E-state index in [1.54, 1.807) is 0 Å². The number of hydrogen-bond donors (Lipinski definition) is 1. The zero-order valence-electron chi connectivity index (χ0n) is 11.6. The molecule has 0 aromatic heterocycles. The Kier molecular flexibility index (Phi) is 3.06. The molecule has 1 aromatic rings. The van der Waals surface area contributed by atoms with Crippen LogP contribution in [0.4, 0.5) is 5.69 Å². The van der Waals surface area contributed by atoms with Crippen LogP contribution in [0.2, 0.25) is 0 Å². The van der Waals surface area contributed by atoms with E-state index in [0.29, 0.717) is 11.5 Å². The second-order valence-corrected chi connectivity index (χ2v) is 6.42. The molecule has 2 nitrogen and oxygen atoms in total. The SMILES string of the molecule is CC(C)NCc1cccc(N2CC3(CCC3)C2)c1. The van der Waals surface area contributed by atoms with Crippen LogP contribution in [0.5, 0.6) is 0 Å². The van der Waals surface area contributed by atoms with Gasteiger partial charge in [-0.05, 0) is 30.5 Å². The number of nitrogens with zero attached hydrogens (tertiary/aromatic N) is 1. The maximum atomic E-state index is 3.48. The Balaban J connectivity index is 1.61. The molecule has 1 aliphatic carbocycles. The Bertz CT molecular complexity index is 413. The standard InChI is InChI=1S/C16H24N2/c1-13(2)17-10-14-5-3-6-15(9-14)18-11-16(12-18)7-4-8-16/h3,5-6,9,13,17H,4,7-8,10-12H2,1-2H3. The van der Waals surface area contributed by atoms with Crippen molar-refractivity contribution in [1.29, 1.82) is 0 Å². The maximum absolute atomic E-state index is 3.48. The first-order valence-electron chi connectivity index (χ1n) is 7.24. The normalized spacial score (nSPS) is 20.9. The first-order chi connectivity index (χ1) is 8.67. The predicted molar refractivity (Wildman–Crippen MR) is 76.9 cm³/mol. The van der Waals surface area contributed by atoms with E-state index in [1.807, 2.05) is 0 Å². The van der Waals surface area contributed by atoms with Crippen LogP contribution in [-0.4, -0.2) is 19.1 Å². The van der Waals surface area contributed by atoms with E-state index in [4.69, 9.17) is 0 Å². The zero-order valence-corrected chi connectivity index (χ0v) is 11.6. The van der Waals surface area contributed by atoms with Crippen LogP contribution < -0.4 is 10.2 Å². The lowest BCUT2D eigenvalue weighted by Crippen LogP contribution is -2.59. The van der Waals surface area contributed by atoms with E-state index in [2.05, 4.69) is 48.3 Å². The molecule has 1 aromatic carbocycles. The van der Waals surface area contributed by atoms with Crippen LogP contribution >= 0.6 is 0 Å². The average Bonchev–Trinajstić information content (AvgIpc) is 2.23. The van der Waals surface area contributed by atoms with Crippen molar-refractivity contribution in [3.05, 3.63) is 29.8 Å². The maximum Gasteiger partial charge on any atom is 0.0369 e. The van der Waals surface area contributed by atoms with E-state index >= 15 is 0 Å². The minimum absolute atomic E-state index is 0.552. The molecule has 1 aliphatic heterocycles. The quantitative estimate of drug-likeness (QED) is 0.875. The fourth-order valence-electron chi connectivity index (χ4n) is 3.12. The fourth-order valence-corrected chi connectivity index (χ4v) is 3.12. The molecule has 3 rings (SSSR count). The first-order valence-corrected chi connectivity index (χ1v) is 7.24. The fraction of sp³-hybridized carbons (Fsp3) is 0.625. The highest BCUT2D eigenvalue weighted by molar-refractivity contribution is 5.52. The van der Waals surface area contributed by atoms with Crippen molar-refractivity contribution in [2.75, 3.05) is 18.0 Å². The summed E-state index contributed by atoms with van der Waals surface area (Å²) < 4.78 is 0. The highest BCUT2D eigenvalue weighted by Crippen LogP contribution is 2.49. The van der Waals surface area contributed by atoms with Crippen LogP contribution in [0.15, 0.2) is 24.3 Å². The lowest BCUT2D eigenvalue weighted by atomic mass is 9.63. The Hall–Kier alpha value is -1.02. The van der Waals surface area contributed by atoms with Gasteiger partial charge in [0.05, 0.1) is 0 Å². The van der Waals surface area contributed by atoms with Gasteiger partial charge in [-0.1, -0.05) is 32.4 Å². The summed E-state index contributed by atoms with van der Waals surface area (Å²) in [5, 5.41) is 3.48. The number of rotatable bonds is 4. The summed E-state index contributed by atoms with van der Waals surface area (Å²) in [5.74, 6) is 0. The largest absolute Gasteiger partial charge is 0.370 e. The minimum atomic E-state index is 0.552. The van der Waals surface area contributed by atoms with E-state index in [-0.39, 0.29) is 0 Å². The molecule has 2 fully saturated rings. The number of benzene rings is 1. The molecule has 0 unspecified atom stereocenters. The second-order valence-electron chi connectivity index (χ2n) is 6.42. The third kappa shape index (κ3) is 2.26. The van der Waals surface area contributed by atoms with Crippen LogP contribution in [0.3, 0.4) is 0 Å². The number of nitrogens with one attached hydrogen (secondary N) is 1. The van der Waals surface area contributed by atoms with Crippen molar-refractivity contribution in [1.82, 2.24) is 5.32 Å². The summed E-state index contributed by atoms with van der Waals surface area (Å²) in [4.78, 5) is 2.54. The Labute approximate surface area is 110 Å². The third-order valence-corrected chi connectivity index (χ3v) is 4.46. The van der Waals surface area contributed by atoms with E-state index < -0.39 is 0 Å². The average molecular weight is 244 g/mol. The third-order valence-electron chi connectivity index (χ3n) is 4.46. The van der Waals surface area contributed by atoms with Crippen LogP contribution in [0.1, 0.15) is 38.7 Å². The van der Waals surface area contributed by atoms with Gasteiger partial charge in [0.2, 0.25) is 0 Å². The van der Waals surface area contributed by atoms with Crippen molar-refractivity contribution in [3.63, 3.8) is 0 Å². The summed E-state index contributed by atoms with van der Waals surface area (Å²) in [6.07, 6.45) is 4.36. The smallest absolute Gasteiger partial charge is 0.0369 e. The molecule has 0 amide bonds. The summed E-state index contributed by atoms with van der Waals surface area (Å²) in [5.41, 5.74) is 3.53. The van der Waals surface area contributed by atoms with Crippen LogP contribution in [0, 0.1) is 5.41 Å². The molecule has 98 valence electrons. The van der Waals surface area contributed by atoms with Gasteiger partial charge in [-0.3, -0.25) is 0 Å². The van der Waals surface area contributed by atoms with Gasteiger partial charge in [0.15, 0.2) is 0 Å². The molecule has 1 saturated heterocycles. The molecule has 1 saturated carbocycles. The van der Waals surface area contributed by atoms with Crippen LogP contribution in [-0.2, 0) is 6.54 Å². The van der Waals surface area contributed by atoms with Gasteiger partial charge in [-0.15, -0.1) is 0 Å². The molecular weight excluding hydrogens is 220 g/mol. The summed E-state index contributed by atoms with van der Waals surface area (Å²) in [7, 11) is 0. The van der Waals surface area contributed by atoms with Gasteiger partial charge in [0.1, 0.15) is 0 Å². The monoisotopic (exact) mass is 244 g/mol. The van der Waals surface area contributed by atoms with Crippen molar-refractivity contribution in [2.45, 2.75) is 45.7 Å². The first kappa shape index (κ1) is 12.0. The van der Waals surface area contributed by atoms with Crippen LogP contribution in [0.25, 0.3) is 0 Å². The van der Waals surface area contributed by atoms with E-state index in [1.165, 1.54) is 43.6 Å². The minimum Gasteiger partial charge on any atom is -0.370 e. The summed E-state index contributed by atoms with van der Waals surface area (Å²) >= 11 is 0. The van der Waals surface area contributed by atoms with Gasteiger partial charge < -0.3 is 10.2 Å². The Morgan fingerprint density at radius 3 is 2.67 bits per heavy atom. The van der Waals surface area contributed by atoms with Gasteiger partial charge in [-0.2, -0.15) is 0 Å². The molecule has 1 spiro atoms.